The van der Waals surface area contributed by atoms with E-state index in [2.05, 4.69) is 14.7 Å². The molecule has 0 saturated heterocycles. The lowest BCUT2D eigenvalue weighted by Crippen LogP contribution is -2.33. The van der Waals surface area contributed by atoms with Crippen molar-refractivity contribution in [1.82, 2.24) is 9.97 Å². The summed E-state index contributed by atoms with van der Waals surface area (Å²) < 4.78 is 52.4. The Balaban J connectivity index is 2.40. The molecule has 1 aromatic heterocycles. The van der Waals surface area contributed by atoms with Crippen LogP contribution >= 0.6 is 0 Å². The van der Waals surface area contributed by atoms with Gasteiger partial charge in [-0.2, -0.15) is 8.78 Å². The molecule has 1 rings (SSSR count). The summed E-state index contributed by atoms with van der Waals surface area (Å²) in [6, 6.07) is 0. The molecule has 17 heavy (non-hydrogen) atoms. The summed E-state index contributed by atoms with van der Waals surface area (Å²) in [5.74, 6) is -4.97. The number of Topliss-reactive ketones (excluding diaryl/α,β-unsaturated/α-hetero) is 1. The van der Waals surface area contributed by atoms with Crippen molar-refractivity contribution in [1.29, 1.82) is 0 Å². The number of rotatable bonds is 6. The van der Waals surface area contributed by atoms with Gasteiger partial charge in [0.05, 0.1) is 6.20 Å². The smallest absolute Gasteiger partial charge is 0.330 e. The molecule has 4 nitrogen and oxygen atoms in total. The lowest BCUT2D eigenvalue weighted by molar-refractivity contribution is -0.163. The minimum absolute atomic E-state index is 0.0761. The van der Waals surface area contributed by atoms with Gasteiger partial charge in [-0.05, 0) is 0 Å². The van der Waals surface area contributed by atoms with Crippen molar-refractivity contribution in [2.45, 2.75) is 12.3 Å². The van der Waals surface area contributed by atoms with Crippen LogP contribution in [0.4, 0.5) is 17.6 Å². The Bertz CT molecular complexity index is 373. The Hall–Kier alpha value is -1.57. The molecule has 0 aromatic carbocycles. The van der Waals surface area contributed by atoms with Crippen LogP contribution in [0.3, 0.4) is 0 Å². The van der Waals surface area contributed by atoms with Crippen LogP contribution in [0.15, 0.2) is 18.6 Å². The number of carbonyl (C=O) groups is 1. The van der Waals surface area contributed by atoms with E-state index >= 15 is 0 Å². The molecule has 0 aliphatic heterocycles. The minimum atomic E-state index is -4.26. The quantitative estimate of drug-likeness (QED) is 0.569. The van der Waals surface area contributed by atoms with Crippen molar-refractivity contribution in [3.63, 3.8) is 0 Å². The van der Waals surface area contributed by atoms with Gasteiger partial charge < -0.3 is 4.74 Å². The van der Waals surface area contributed by atoms with Crippen LogP contribution in [0, 0.1) is 0 Å². The Morgan fingerprint density at radius 3 is 2.65 bits per heavy atom. The van der Waals surface area contributed by atoms with E-state index in [1.54, 1.807) is 0 Å². The normalized spacial score (nSPS) is 11.8. The van der Waals surface area contributed by atoms with Crippen LogP contribution < -0.4 is 0 Å². The fourth-order valence-electron chi connectivity index (χ4n) is 0.860. The molecular weight excluding hydrogens is 244 g/mol. The monoisotopic (exact) mass is 252 g/mol. The molecule has 0 aliphatic rings. The summed E-state index contributed by atoms with van der Waals surface area (Å²) in [7, 11) is 0. The fraction of sp³-hybridized carbons (Fsp3) is 0.444. The first-order chi connectivity index (χ1) is 7.93. The predicted octanol–water partition coefficient (Wildman–Crippen LogP) is 1.58. The summed E-state index contributed by atoms with van der Waals surface area (Å²) in [5.41, 5.74) is -0.0761. The SMILES string of the molecule is O=C(COCC(F)(F)C(F)F)c1cnccn1. The van der Waals surface area contributed by atoms with Crippen molar-refractivity contribution in [3.8, 4) is 0 Å². The maximum Gasteiger partial charge on any atom is 0.330 e. The molecule has 0 amide bonds. The van der Waals surface area contributed by atoms with E-state index in [-0.39, 0.29) is 5.69 Å². The highest BCUT2D eigenvalue weighted by molar-refractivity contribution is 5.94. The first-order valence-electron chi connectivity index (χ1n) is 4.46. The zero-order valence-corrected chi connectivity index (χ0v) is 8.45. The second kappa shape index (κ2) is 5.67. The average molecular weight is 252 g/mol. The molecule has 8 heteroatoms. The van der Waals surface area contributed by atoms with Gasteiger partial charge in [0, 0.05) is 12.4 Å². The molecule has 0 N–H and O–H groups in total. The van der Waals surface area contributed by atoms with E-state index in [9.17, 15) is 22.4 Å². The highest BCUT2D eigenvalue weighted by Crippen LogP contribution is 2.22. The number of ketones is 1. The molecule has 0 fully saturated rings. The zero-order valence-electron chi connectivity index (χ0n) is 8.45. The molecule has 0 unspecified atom stereocenters. The summed E-state index contributed by atoms with van der Waals surface area (Å²) in [4.78, 5) is 18.4. The minimum Gasteiger partial charge on any atom is -0.367 e. The van der Waals surface area contributed by atoms with Crippen LogP contribution in [0.25, 0.3) is 0 Å². The second-order valence-corrected chi connectivity index (χ2v) is 3.07. The first-order valence-corrected chi connectivity index (χ1v) is 4.46. The Labute approximate surface area is 93.6 Å². The predicted molar refractivity (Wildman–Crippen MR) is 48.1 cm³/mol. The van der Waals surface area contributed by atoms with E-state index in [1.165, 1.54) is 12.4 Å². The fourth-order valence-corrected chi connectivity index (χ4v) is 0.860. The van der Waals surface area contributed by atoms with Crippen LogP contribution in [0.1, 0.15) is 10.5 Å². The standard InChI is InChI=1S/C9H8F4N2O2/c10-8(11)9(12,13)5-17-4-7(16)6-3-14-1-2-15-6/h1-3,8H,4-5H2. The summed E-state index contributed by atoms with van der Waals surface area (Å²) in [6.07, 6.45) is -0.144. The van der Waals surface area contributed by atoms with Crippen molar-refractivity contribution < 1.29 is 27.1 Å². The topological polar surface area (TPSA) is 52.1 Å². The van der Waals surface area contributed by atoms with Gasteiger partial charge in [-0.1, -0.05) is 0 Å². The number of hydrogen-bond acceptors (Lipinski definition) is 4. The third kappa shape index (κ3) is 4.06. The van der Waals surface area contributed by atoms with Gasteiger partial charge in [0.2, 0.25) is 5.78 Å². The van der Waals surface area contributed by atoms with Crippen molar-refractivity contribution in [2.24, 2.45) is 0 Å². The van der Waals surface area contributed by atoms with E-state index < -0.39 is 31.3 Å². The Morgan fingerprint density at radius 2 is 2.12 bits per heavy atom. The molecule has 0 atom stereocenters. The van der Waals surface area contributed by atoms with Gasteiger partial charge in [-0.15, -0.1) is 0 Å². The van der Waals surface area contributed by atoms with E-state index in [0.717, 1.165) is 6.20 Å². The molecule has 1 aromatic rings. The molecule has 1 heterocycles. The summed E-state index contributed by atoms with van der Waals surface area (Å²) in [5, 5.41) is 0. The summed E-state index contributed by atoms with van der Waals surface area (Å²) >= 11 is 0. The van der Waals surface area contributed by atoms with Crippen LogP contribution in [0.2, 0.25) is 0 Å². The summed E-state index contributed by atoms with van der Waals surface area (Å²) in [6.45, 7) is -2.27. The molecule has 0 saturated carbocycles. The van der Waals surface area contributed by atoms with E-state index in [0.29, 0.717) is 0 Å². The highest BCUT2D eigenvalue weighted by atomic mass is 19.3. The maximum absolute atomic E-state index is 12.4. The zero-order chi connectivity index (χ0) is 12.9. The number of alkyl halides is 4. The molecule has 0 radical (unpaired) electrons. The third-order valence-corrected chi connectivity index (χ3v) is 1.70. The maximum atomic E-state index is 12.4. The number of aromatic nitrogens is 2. The molecular formula is C9H8F4N2O2. The highest BCUT2D eigenvalue weighted by Gasteiger charge is 2.41. The Kier molecular flexibility index (Phi) is 4.50. The van der Waals surface area contributed by atoms with E-state index in [4.69, 9.17) is 0 Å². The van der Waals surface area contributed by atoms with Crippen LogP contribution in [0.5, 0.6) is 0 Å². The number of ether oxygens (including phenoxy) is 1. The van der Waals surface area contributed by atoms with Gasteiger partial charge in [0.15, 0.2) is 0 Å². The van der Waals surface area contributed by atoms with Crippen molar-refractivity contribution in [2.75, 3.05) is 13.2 Å². The number of hydrogen-bond donors (Lipinski definition) is 0. The van der Waals surface area contributed by atoms with E-state index in [1.807, 2.05) is 0 Å². The van der Waals surface area contributed by atoms with Crippen molar-refractivity contribution >= 4 is 5.78 Å². The van der Waals surface area contributed by atoms with Gasteiger partial charge in [-0.3, -0.25) is 9.78 Å². The molecule has 0 spiro atoms. The lowest BCUT2D eigenvalue weighted by atomic mass is 10.3. The molecule has 0 bridgehead atoms. The van der Waals surface area contributed by atoms with Gasteiger partial charge in [-0.25, -0.2) is 13.8 Å². The average Bonchev–Trinajstić information content (AvgIpc) is 2.29. The largest absolute Gasteiger partial charge is 0.367 e. The van der Waals surface area contributed by atoms with Gasteiger partial charge in [0.25, 0.3) is 0 Å². The number of nitrogens with zero attached hydrogens (tertiary/aromatic N) is 2. The third-order valence-electron chi connectivity index (χ3n) is 1.70. The Morgan fingerprint density at radius 1 is 1.41 bits per heavy atom. The molecule has 94 valence electrons. The number of carbonyl (C=O) groups excluding carboxylic acids is 1. The van der Waals surface area contributed by atoms with Gasteiger partial charge >= 0.3 is 12.3 Å². The lowest BCUT2D eigenvalue weighted by Gasteiger charge is -2.14. The van der Waals surface area contributed by atoms with Gasteiger partial charge in [0.1, 0.15) is 18.9 Å². The van der Waals surface area contributed by atoms with Crippen molar-refractivity contribution in [3.05, 3.63) is 24.3 Å². The first kappa shape index (κ1) is 13.5. The number of halogens is 4. The second-order valence-electron chi connectivity index (χ2n) is 3.07. The molecule has 0 aliphatic carbocycles. The van der Waals surface area contributed by atoms with Crippen LogP contribution in [-0.2, 0) is 4.74 Å². The van der Waals surface area contributed by atoms with Crippen LogP contribution in [-0.4, -0.2) is 41.3 Å².